The SMILES string of the molecule is Cc1ccc(NC(=O)CCN2C(=O)c3cccc(Cl)c3C2=O)cc1C. The number of benzene rings is 2. The number of halogens is 1. The van der Waals surface area contributed by atoms with Crippen molar-refractivity contribution >= 4 is 35.0 Å². The first-order chi connectivity index (χ1) is 11.9. The number of carbonyl (C=O) groups excluding carboxylic acids is 3. The summed E-state index contributed by atoms with van der Waals surface area (Å²) in [7, 11) is 0. The minimum absolute atomic E-state index is 0.0132. The number of nitrogens with zero attached hydrogens (tertiary/aromatic N) is 1. The minimum atomic E-state index is -0.454. The third-order valence-corrected chi connectivity index (χ3v) is 4.62. The maximum absolute atomic E-state index is 12.4. The average Bonchev–Trinajstić information content (AvgIpc) is 2.81. The molecule has 1 aliphatic rings. The Morgan fingerprint density at radius 1 is 1.08 bits per heavy atom. The summed E-state index contributed by atoms with van der Waals surface area (Å²) in [6.07, 6.45) is 0.0238. The third-order valence-electron chi connectivity index (χ3n) is 4.30. The van der Waals surface area contributed by atoms with Crippen LogP contribution in [0.3, 0.4) is 0 Å². The number of aryl methyl sites for hydroxylation is 2. The summed E-state index contributed by atoms with van der Waals surface area (Å²) < 4.78 is 0. The van der Waals surface area contributed by atoms with Gasteiger partial charge in [0.05, 0.1) is 16.1 Å². The van der Waals surface area contributed by atoms with Crippen LogP contribution in [0.5, 0.6) is 0 Å². The van der Waals surface area contributed by atoms with Crippen LogP contribution in [-0.2, 0) is 4.79 Å². The fraction of sp³-hybridized carbons (Fsp3) is 0.211. The first kappa shape index (κ1) is 17.2. The Labute approximate surface area is 150 Å². The lowest BCUT2D eigenvalue weighted by atomic mass is 10.1. The van der Waals surface area contributed by atoms with Crippen molar-refractivity contribution in [3.05, 3.63) is 63.7 Å². The van der Waals surface area contributed by atoms with Gasteiger partial charge in [0, 0.05) is 18.7 Å². The Bertz CT molecular complexity index is 892. The molecule has 128 valence electrons. The number of amides is 3. The van der Waals surface area contributed by atoms with Crippen molar-refractivity contribution in [2.75, 3.05) is 11.9 Å². The molecule has 0 saturated heterocycles. The molecular formula is C19H17ClN2O3. The standard InChI is InChI=1S/C19H17ClN2O3/c1-11-6-7-13(10-12(11)2)21-16(23)8-9-22-18(24)14-4-3-5-15(20)17(14)19(22)25/h3-7,10H,8-9H2,1-2H3,(H,21,23). The number of rotatable bonds is 4. The summed E-state index contributed by atoms with van der Waals surface area (Å²) in [6.45, 7) is 3.97. The molecule has 0 unspecified atom stereocenters. The molecular weight excluding hydrogens is 340 g/mol. The Balaban J connectivity index is 1.65. The maximum atomic E-state index is 12.4. The smallest absolute Gasteiger partial charge is 0.263 e. The van der Waals surface area contributed by atoms with Crippen LogP contribution in [-0.4, -0.2) is 29.2 Å². The first-order valence-corrected chi connectivity index (χ1v) is 8.28. The summed E-state index contributed by atoms with van der Waals surface area (Å²) in [5.74, 6) is -1.13. The van der Waals surface area contributed by atoms with E-state index in [1.165, 1.54) is 0 Å². The van der Waals surface area contributed by atoms with Gasteiger partial charge in [0.1, 0.15) is 0 Å². The highest BCUT2D eigenvalue weighted by atomic mass is 35.5. The molecule has 5 nitrogen and oxygen atoms in total. The molecule has 6 heteroatoms. The van der Waals surface area contributed by atoms with Gasteiger partial charge in [-0.25, -0.2) is 0 Å². The summed E-state index contributed by atoms with van der Waals surface area (Å²) >= 11 is 6.01. The van der Waals surface area contributed by atoms with Crippen molar-refractivity contribution in [2.45, 2.75) is 20.3 Å². The predicted octanol–water partition coefficient (Wildman–Crippen LogP) is 3.58. The van der Waals surface area contributed by atoms with E-state index in [1.54, 1.807) is 18.2 Å². The molecule has 0 spiro atoms. The lowest BCUT2D eigenvalue weighted by Gasteiger charge is -2.14. The van der Waals surface area contributed by atoms with Gasteiger partial charge < -0.3 is 5.32 Å². The lowest BCUT2D eigenvalue weighted by molar-refractivity contribution is -0.116. The summed E-state index contributed by atoms with van der Waals surface area (Å²) in [4.78, 5) is 37.9. The van der Waals surface area contributed by atoms with Gasteiger partial charge in [-0.15, -0.1) is 0 Å². The topological polar surface area (TPSA) is 66.5 Å². The maximum Gasteiger partial charge on any atom is 0.263 e. The number of hydrogen-bond acceptors (Lipinski definition) is 3. The highest BCUT2D eigenvalue weighted by molar-refractivity contribution is 6.37. The lowest BCUT2D eigenvalue weighted by Crippen LogP contribution is -2.32. The number of carbonyl (C=O) groups is 3. The van der Waals surface area contributed by atoms with Crippen LogP contribution in [0.4, 0.5) is 5.69 Å². The highest BCUT2D eigenvalue weighted by Gasteiger charge is 2.37. The van der Waals surface area contributed by atoms with Gasteiger partial charge in [-0.1, -0.05) is 23.7 Å². The number of nitrogens with one attached hydrogen (secondary N) is 1. The molecule has 0 radical (unpaired) electrons. The van der Waals surface area contributed by atoms with Gasteiger partial charge in [0.25, 0.3) is 11.8 Å². The van der Waals surface area contributed by atoms with E-state index in [0.717, 1.165) is 16.0 Å². The molecule has 0 saturated carbocycles. The van der Waals surface area contributed by atoms with Gasteiger partial charge in [0.2, 0.25) is 5.91 Å². The molecule has 3 rings (SSSR count). The molecule has 2 aromatic carbocycles. The molecule has 2 aromatic rings. The van der Waals surface area contributed by atoms with Crippen LogP contribution < -0.4 is 5.32 Å². The Morgan fingerprint density at radius 2 is 1.84 bits per heavy atom. The molecule has 1 aliphatic heterocycles. The van der Waals surface area contributed by atoms with E-state index in [4.69, 9.17) is 11.6 Å². The Morgan fingerprint density at radius 3 is 2.52 bits per heavy atom. The van der Waals surface area contributed by atoms with Crippen molar-refractivity contribution in [3.63, 3.8) is 0 Å². The zero-order chi connectivity index (χ0) is 18.1. The van der Waals surface area contributed by atoms with E-state index >= 15 is 0 Å². The van der Waals surface area contributed by atoms with Gasteiger partial charge in [-0.2, -0.15) is 0 Å². The summed E-state index contributed by atoms with van der Waals surface area (Å²) in [6, 6.07) is 10.4. The molecule has 0 aliphatic carbocycles. The molecule has 0 fully saturated rings. The van der Waals surface area contributed by atoms with Crippen LogP contribution >= 0.6 is 11.6 Å². The van der Waals surface area contributed by atoms with E-state index in [1.807, 2.05) is 32.0 Å². The van der Waals surface area contributed by atoms with Gasteiger partial charge >= 0.3 is 0 Å². The second kappa shape index (κ2) is 6.69. The minimum Gasteiger partial charge on any atom is -0.326 e. The van der Waals surface area contributed by atoms with E-state index in [-0.39, 0.29) is 35.0 Å². The molecule has 0 aromatic heterocycles. The van der Waals surface area contributed by atoms with Crippen LogP contribution in [0.2, 0.25) is 5.02 Å². The van der Waals surface area contributed by atoms with Crippen molar-refractivity contribution < 1.29 is 14.4 Å². The number of imide groups is 1. The molecule has 25 heavy (non-hydrogen) atoms. The van der Waals surface area contributed by atoms with Crippen molar-refractivity contribution in [1.82, 2.24) is 4.90 Å². The van der Waals surface area contributed by atoms with Crippen molar-refractivity contribution in [2.24, 2.45) is 0 Å². The van der Waals surface area contributed by atoms with E-state index < -0.39 is 11.8 Å². The molecule has 1 N–H and O–H groups in total. The molecule has 0 bridgehead atoms. The van der Waals surface area contributed by atoms with Crippen LogP contribution in [0.25, 0.3) is 0 Å². The van der Waals surface area contributed by atoms with Crippen molar-refractivity contribution in [3.8, 4) is 0 Å². The normalized spacial score (nSPS) is 13.2. The zero-order valence-electron chi connectivity index (χ0n) is 13.9. The Kier molecular flexibility index (Phi) is 4.59. The van der Waals surface area contributed by atoms with Crippen LogP contribution in [0.15, 0.2) is 36.4 Å². The quantitative estimate of drug-likeness (QED) is 0.851. The fourth-order valence-corrected chi connectivity index (χ4v) is 3.01. The predicted molar refractivity (Wildman–Crippen MR) is 96.0 cm³/mol. The molecule has 0 atom stereocenters. The Hall–Kier alpha value is -2.66. The summed E-state index contributed by atoms with van der Waals surface area (Å²) in [5, 5.41) is 3.03. The first-order valence-electron chi connectivity index (χ1n) is 7.90. The average molecular weight is 357 g/mol. The van der Waals surface area contributed by atoms with Crippen LogP contribution in [0.1, 0.15) is 38.3 Å². The van der Waals surface area contributed by atoms with E-state index in [2.05, 4.69) is 5.32 Å². The summed E-state index contributed by atoms with van der Waals surface area (Å²) in [5.41, 5.74) is 3.41. The van der Waals surface area contributed by atoms with Gasteiger partial charge in [0.15, 0.2) is 0 Å². The third kappa shape index (κ3) is 3.28. The molecule has 3 amide bonds. The second-order valence-electron chi connectivity index (χ2n) is 6.02. The largest absolute Gasteiger partial charge is 0.326 e. The van der Waals surface area contributed by atoms with E-state index in [9.17, 15) is 14.4 Å². The number of fused-ring (bicyclic) bond motifs is 1. The number of anilines is 1. The molecule has 1 heterocycles. The highest BCUT2D eigenvalue weighted by Crippen LogP contribution is 2.29. The monoisotopic (exact) mass is 356 g/mol. The van der Waals surface area contributed by atoms with Crippen molar-refractivity contribution in [1.29, 1.82) is 0 Å². The second-order valence-corrected chi connectivity index (χ2v) is 6.43. The zero-order valence-corrected chi connectivity index (χ0v) is 14.7. The number of hydrogen-bond donors (Lipinski definition) is 1. The van der Waals surface area contributed by atoms with E-state index in [0.29, 0.717) is 5.69 Å². The van der Waals surface area contributed by atoms with Gasteiger partial charge in [-0.3, -0.25) is 19.3 Å². The van der Waals surface area contributed by atoms with Gasteiger partial charge in [-0.05, 0) is 49.2 Å². The van der Waals surface area contributed by atoms with Crippen LogP contribution in [0, 0.1) is 13.8 Å². The fourth-order valence-electron chi connectivity index (χ4n) is 2.75.